The Morgan fingerprint density at radius 3 is 2.52 bits per heavy atom. The maximum absolute atomic E-state index is 13.0. The number of hydrogen-bond acceptors (Lipinski definition) is 2. The van der Waals surface area contributed by atoms with E-state index >= 15 is 0 Å². The van der Waals surface area contributed by atoms with Gasteiger partial charge in [0.15, 0.2) is 0 Å². The zero-order valence-corrected chi connectivity index (χ0v) is 14.9. The standard InChI is InChI=1S/C20H25N3O2/c1-12-13(2)21-18-16(12)4-3-5-17(18)20(25)23-10-8-15(9-11-23)22-19(24)14-6-7-14/h3-5,14-15,21H,6-11H2,1-2H3,(H,22,24). The minimum Gasteiger partial charge on any atom is -0.358 e. The normalized spacial score (nSPS) is 18.6. The van der Waals surface area contributed by atoms with Gasteiger partial charge < -0.3 is 15.2 Å². The van der Waals surface area contributed by atoms with E-state index in [1.807, 2.05) is 24.0 Å². The van der Waals surface area contributed by atoms with Crippen LogP contribution in [0.5, 0.6) is 0 Å². The molecule has 4 rings (SSSR count). The van der Waals surface area contributed by atoms with Crippen LogP contribution in [-0.2, 0) is 4.79 Å². The van der Waals surface area contributed by atoms with Crippen molar-refractivity contribution >= 4 is 22.7 Å². The molecule has 0 radical (unpaired) electrons. The van der Waals surface area contributed by atoms with E-state index in [-0.39, 0.29) is 23.8 Å². The van der Waals surface area contributed by atoms with Crippen LogP contribution in [0.25, 0.3) is 10.9 Å². The van der Waals surface area contributed by atoms with Crippen LogP contribution in [0, 0.1) is 19.8 Å². The quantitative estimate of drug-likeness (QED) is 0.903. The van der Waals surface area contributed by atoms with Gasteiger partial charge in [-0.05, 0) is 51.2 Å². The topological polar surface area (TPSA) is 65.2 Å². The molecule has 0 spiro atoms. The van der Waals surface area contributed by atoms with E-state index in [1.165, 1.54) is 5.56 Å². The zero-order valence-electron chi connectivity index (χ0n) is 14.9. The Balaban J connectivity index is 1.45. The zero-order chi connectivity index (χ0) is 17.6. The van der Waals surface area contributed by atoms with Crippen LogP contribution in [-0.4, -0.2) is 40.8 Å². The highest BCUT2D eigenvalue weighted by molar-refractivity contribution is 6.06. The van der Waals surface area contributed by atoms with Gasteiger partial charge >= 0.3 is 0 Å². The Bertz CT molecular complexity index is 827. The fraction of sp³-hybridized carbons (Fsp3) is 0.500. The van der Waals surface area contributed by atoms with Crippen LogP contribution in [0.2, 0.25) is 0 Å². The lowest BCUT2D eigenvalue weighted by Gasteiger charge is -2.32. The highest BCUT2D eigenvalue weighted by Crippen LogP contribution is 2.29. The smallest absolute Gasteiger partial charge is 0.255 e. The number of aromatic amines is 1. The highest BCUT2D eigenvalue weighted by Gasteiger charge is 2.32. The second-order valence-corrected chi connectivity index (χ2v) is 7.45. The molecule has 25 heavy (non-hydrogen) atoms. The van der Waals surface area contributed by atoms with Crippen LogP contribution in [0.3, 0.4) is 0 Å². The molecular formula is C20H25N3O2. The summed E-state index contributed by atoms with van der Waals surface area (Å²) in [4.78, 5) is 30.2. The molecule has 1 aromatic carbocycles. The molecule has 2 aromatic rings. The molecule has 0 unspecified atom stereocenters. The number of nitrogens with zero attached hydrogens (tertiary/aromatic N) is 1. The number of aryl methyl sites for hydroxylation is 2. The molecule has 1 saturated carbocycles. The minimum absolute atomic E-state index is 0.0822. The van der Waals surface area contributed by atoms with Crippen molar-refractivity contribution in [2.24, 2.45) is 5.92 Å². The van der Waals surface area contributed by atoms with Crippen molar-refractivity contribution in [2.45, 2.75) is 45.6 Å². The number of hydrogen-bond donors (Lipinski definition) is 2. The van der Waals surface area contributed by atoms with Crippen LogP contribution in [0.1, 0.15) is 47.3 Å². The fourth-order valence-corrected chi connectivity index (χ4v) is 3.72. The van der Waals surface area contributed by atoms with Gasteiger partial charge in [-0.3, -0.25) is 9.59 Å². The lowest BCUT2D eigenvalue weighted by atomic mass is 10.0. The Morgan fingerprint density at radius 1 is 1.12 bits per heavy atom. The van der Waals surface area contributed by atoms with Gasteiger partial charge in [-0.25, -0.2) is 0 Å². The van der Waals surface area contributed by atoms with Gasteiger partial charge in [0.25, 0.3) is 5.91 Å². The summed E-state index contributed by atoms with van der Waals surface area (Å²) in [6.45, 7) is 5.51. The number of para-hydroxylation sites is 1. The van der Waals surface area contributed by atoms with E-state index in [2.05, 4.69) is 23.3 Å². The Kier molecular flexibility index (Phi) is 4.02. The molecule has 5 nitrogen and oxygen atoms in total. The summed E-state index contributed by atoms with van der Waals surface area (Å²) >= 11 is 0. The minimum atomic E-state index is 0.0822. The number of H-pyrrole nitrogens is 1. The van der Waals surface area contributed by atoms with Crippen LogP contribution in [0.15, 0.2) is 18.2 Å². The van der Waals surface area contributed by atoms with Crippen molar-refractivity contribution in [1.29, 1.82) is 0 Å². The summed E-state index contributed by atoms with van der Waals surface area (Å²) in [6, 6.07) is 6.13. The summed E-state index contributed by atoms with van der Waals surface area (Å²) < 4.78 is 0. The first-order chi connectivity index (χ1) is 12.0. The third-order valence-electron chi connectivity index (χ3n) is 5.65. The van der Waals surface area contributed by atoms with Crippen LogP contribution in [0.4, 0.5) is 0 Å². The molecule has 132 valence electrons. The molecule has 0 bridgehead atoms. The average Bonchev–Trinajstić information content (AvgIpc) is 3.42. The Hall–Kier alpha value is -2.30. The Morgan fingerprint density at radius 2 is 1.84 bits per heavy atom. The number of nitrogens with one attached hydrogen (secondary N) is 2. The molecule has 1 aliphatic heterocycles. The van der Waals surface area contributed by atoms with Gasteiger partial charge in [0.05, 0.1) is 11.1 Å². The number of carbonyl (C=O) groups excluding carboxylic acids is 2. The second-order valence-electron chi connectivity index (χ2n) is 7.45. The monoisotopic (exact) mass is 339 g/mol. The highest BCUT2D eigenvalue weighted by atomic mass is 16.2. The predicted molar refractivity (Wildman–Crippen MR) is 97.6 cm³/mol. The molecule has 2 N–H and O–H groups in total. The van der Waals surface area contributed by atoms with E-state index in [0.29, 0.717) is 13.1 Å². The van der Waals surface area contributed by atoms with E-state index < -0.39 is 0 Å². The molecule has 1 saturated heterocycles. The lowest BCUT2D eigenvalue weighted by molar-refractivity contribution is -0.123. The number of aromatic nitrogens is 1. The van der Waals surface area contributed by atoms with E-state index in [0.717, 1.165) is 47.8 Å². The molecule has 0 atom stereocenters. The van der Waals surface area contributed by atoms with Crippen molar-refractivity contribution < 1.29 is 9.59 Å². The molecule has 2 fully saturated rings. The first-order valence-corrected chi connectivity index (χ1v) is 9.22. The molecule has 2 amide bonds. The first-order valence-electron chi connectivity index (χ1n) is 9.22. The van der Waals surface area contributed by atoms with E-state index in [1.54, 1.807) is 0 Å². The van der Waals surface area contributed by atoms with Crippen molar-refractivity contribution in [3.63, 3.8) is 0 Å². The van der Waals surface area contributed by atoms with Crippen molar-refractivity contribution in [1.82, 2.24) is 15.2 Å². The molecule has 1 aromatic heterocycles. The van der Waals surface area contributed by atoms with Gasteiger partial charge in [0.2, 0.25) is 5.91 Å². The molecule has 2 aliphatic rings. The third-order valence-corrected chi connectivity index (χ3v) is 5.65. The summed E-state index contributed by atoms with van der Waals surface area (Å²) in [5.41, 5.74) is 3.99. The SMILES string of the molecule is Cc1[nH]c2c(C(=O)N3CCC(NC(=O)C4CC4)CC3)cccc2c1C. The maximum atomic E-state index is 13.0. The number of carbonyl (C=O) groups is 2. The van der Waals surface area contributed by atoms with Gasteiger partial charge in [0, 0.05) is 36.1 Å². The molecular weight excluding hydrogens is 314 g/mol. The third kappa shape index (κ3) is 3.03. The Labute approximate surface area is 147 Å². The number of benzene rings is 1. The van der Waals surface area contributed by atoms with E-state index in [4.69, 9.17) is 0 Å². The number of likely N-dealkylation sites (tertiary alicyclic amines) is 1. The predicted octanol–water partition coefficient (Wildman–Crippen LogP) is 2.92. The van der Waals surface area contributed by atoms with Crippen LogP contribution >= 0.6 is 0 Å². The molecule has 2 heterocycles. The van der Waals surface area contributed by atoms with Gasteiger partial charge in [-0.1, -0.05) is 12.1 Å². The van der Waals surface area contributed by atoms with Gasteiger partial charge in [-0.15, -0.1) is 0 Å². The summed E-state index contributed by atoms with van der Waals surface area (Å²) in [6.07, 6.45) is 3.73. The van der Waals surface area contributed by atoms with Crippen molar-refractivity contribution in [3.05, 3.63) is 35.0 Å². The lowest BCUT2D eigenvalue weighted by Crippen LogP contribution is -2.47. The second kappa shape index (κ2) is 6.21. The number of fused-ring (bicyclic) bond motifs is 1. The first kappa shape index (κ1) is 16.2. The number of rotatable bonds is 3. The van der Waals surface area contributed by atoms with Crippen LogP contribution < -0.4 is 5.32 Å². The largest absolute Gasteiger partial charge is 0.358 e. The van der Waals surface area contributed by atoms with Gasteiger partial charge in [-0.2, -0.15) is 0 Å². The van der Waals surface area contributed by atoms with E-state index in [9.17, 15) is 9.59 Å². The number of piperidine rings is 1. The fourth-order valence-electron chi connectivity index (χ4n) is 3.72. The summed E-state index contributed by atoms with van der Waals surface area (Å²) in [7, 11) is 0. The van der Waals surface area contributed by atoms with Crippen molar-refractivity contribution in [2.75, 3.05) is 13.1 Å². The molecule has 1 aliphatic carbocycles. The summed E-state index contributed by atoms with van der Waals surface area (Å²) in [5.74, 6) is 0.530. The molecule has 5 heteroatoms. The van der Waals surface area contributed by atoms with Gasteiger partial charge in [0.1, 0.15) is 0 Å². The average molecular weight is 339 g/mol. The maximum Gasteiger partial charge on any atom is 0.255 e. The van der Waals surface area contributed by atoms with Crippen molar-refractivity contribution in [3.8, 4) is 0 Å². The number of amides is 2. The summed E-state index contributed by atoms with van der Waals surface area (Å²) in [5, 5.41) is 4.26.